The quantitative estimate of drug-likeness (QED) is 0.856. The fourth-order valence-corrected chi connectivity index (χ4v) is 4.70. The van der Waals surface area contributed by atoms with Gasteiger partial charge in [-0.2, -0.15) is 5.26 Å². The molecule has 0 amide bonds. The third-order valence-electron chi connectivity index (χ3n) is 5.25. The van der Waals surface area contributed by atoms with Crippen LogP contribution in [0.15, 0.2) is 18.2 Å². The Hall–Kier alpha value is -1.24. The number of fused-ring (bicyclic) bond motifs is 1. The molecule has 4 heteroatoms. The van der Waals surface area contributed by atoms with Gasteiger partial charge in [-0.1, -0.05) is 11.6 Å². The van der Waals surface area contributed by atoms with Gasteiger partial charge in [0.15, 0.2) is 0 Å². The molecular formula is C15H15ClN2O. The molecule has 0 aromatic heterocycles. The molecule has 1 saturated heterocycles. The van der Waals surface area contributed by atoms with Gasteiger partial charge in [0.05, 0.1) is 22.7 Å². The van der Waals surface area contributed by atoms with Gasteiger partial charge in [0.1, 0.15) is 6.07 Å². The van der Waals surface area contributed by atoms with E-state index in [0.717, 1.165) is 18.2 Å². The van der Waals surface area contributed by atoms with Crippen molar-refractivity contribution < 1.29 is 5.11 Å². The fraction of sp³-hybridized carbons (Fsp3) is 0.533. The zero-order chi connectivity index (χ0) is 13.1. The van der Waals surface area contributed by atoms with Crippen LogP contribution in [0.3, 0.4) is 0 Å². The topological polar surface area (TPSA) is 47.3 Å². The number of halogens is 1. The number of hydrogen-bond acceptors (Lipinski definition) is 3. The van der Waals surface area contributed by atoms with Gasteiger partial charge in [0, 0.05) is 12.2 Å². The maximum absolute atomic E-state index is 10.4. The number of aliphatic hydroxyl groups is 1. The number of anilines is 1. The van der Waals surface area contributed by atoms with Crippen molar-refractivity contribution in [2.45, 2.75) is 25.0 Å². The van der Waals surface area contributed by atoms with Crippen molar-refractivity contribution in [1.29, 1.82) is 5.26 Å². The molecule has 1 heterocycles. The molecule has 0 radical (unpaired) electrons. The van der Waals surface area contributed by atoms with Crippen LogP contribution >= 0.6 is 11.6 Å². The van der Waals surface area contributed by atoms with E-state index in [1.165, 1.54) is 12.8 Å². The predicted molar refractivity (Wildman–Crippen MR) is 73.0 cm³/mol. The van der Waals surface area contributed by atoms with Crippen LogP contribution in [0, 0.1) is 29.1 Å². The average molecular weight is 275 g/mol. The summed E-state index contributed by atoms with van der Waals surface area (Å²) in [5, 5.41) is 19.8. The van der Waals surface area contributed by atoms with E-state index in [9.17, 15) is 5.11 Å². The monoisotopic (exact) mass is 274 g/mol. The summed E-state index contributed by atoms with van der Waals surface area (Å²) in [6.45, 7) is 1.02. The summed E-state index contributed by atoms with van der Waals surface area (Å²) in [5.41, 5.74) is 1.56. The van der Waals surface area contributed by atoms with E-state index in [1.54, 1.807) is 6.07 Å². The molecule has 3 fully saturated rings. The molecule has 2 aliphatic carbocycles. The van der Waals surface area contributed by atoms with Crippen LogP contribution in [0.1, 0.15) is 18.4 Å². The molecule has 5 atom stereocenters. The van der Waals surface area contributed by atoms with Crippen molar-refractivity contribution in [3.05, 3.63) is 28.8 Å². The summed E-state index contributed by atoms with van der Waals surface area (Å²) in [7, 11) is 0. The molecule has 1 aliphatic heterocycles. The van der Waals surface area contributed by atoms with E-state index in [0.29, 0.717) is 22.4 Å². The van der Waals surface area contributed by atoms with Crippen LogP contribution in [0.2, 0.25) is 5.02 Å². The van der Waals surface area contributed by atoms with Gasteiger partial charge in [-0.15, -0.1) is 0 Å². The Balaban J connectivity index is 1.71. The maximum Gasteiger partial charge on any atom is 0.101 e. The van der Waals surface area contributed by atoms with Crippen LogP contribution in [-0.2, 0) is 0 Å². The lowest BCUT2D eigenvalue weighted by Crippen LogP contribution is -2.40. The Bertz CT molecular complexity index is 580. The zero-order valence-corrected chi connectivity index (χ0v) is 11.2. The van der Waals surface area contributed by atoms with E-state index in [1.807, 2.05) is 12.1 Å². The largest absolute Gasteiger partial charge is 0.391 e. The first kappa shape index (κ1) is 11.6. The van der Waals surface area contributed by atoms with Gasteiger partial charge < -0.3 is 10.0 Å². The van der Waals surface area contributed by atoms with Crippen molar-refractivity contribution in [2.24, 2.45) is 17.8 Å². The van der Waals surface area contributed by atoms with Crippen LogP contribution in [0.25, 0.3) is 0 Å². The third kappa shape index (κ3) is 1.47. The van der Waals surface area contributed by atoms with Gasteiger partial charge in [-0.25, -0.2) is 0 Å². The molecule has 3 nitrogen and oxygen atoms in total. The molecular weight excluding hydrogens is 260 g/mol. The number of rotatable bonds is 1. The Morgan fingerprint density at radius 2 is 2.16 bits per heavy atom. The maximum atomic E-state index is 10.4. The van der Waals surface area contributed by atoms with Crippen LogP contribution in [0.5, 0.6) is 0 Å². The van der Waals surface area contributed by atoms with Crippen molar-refractivity contribution in [1.82, 2.24) is 0 Å². The highest BCUT2D eigenvalue weighted by Crippen LogP contribution is 2.55. The van der Waals surface area contributed by atoms with Crippen molar-refractivity contribution in [2.75, 3.05) is 11.4 Å². The van der Waals surface area contributed by atoms with Gasteiger partial charge >= 0.3 is 0 Å². The Kier molecular flexibility index (Phi) is 2.36. The predicted octanol–water partition coefficient (Wildman–Crippen LogP) is 2.42. The third-order valence-corrected chi connectivity index (χ3v) is 5.57. The molecule has 0 unspecified atom stereocenters. The molecule has 1 N–H and O–H groups in total. The van der Waals surface area contributed by atoms with E-state index < -0.39 is 0 Å². The normalized spacial score (nSPS) is 38.8. The summed E-state index contributed by atoms with van der Waals surface area (Å²) in [4.78, 5) is 2.31. The van der Waals surface area contributed by atoms with E-state index in [4.69, 9.17) is 16.9 Å². The summed E-state index contributed by atoms with van der Waals surface area (Å²) in [6.07, 6.45) is 2.15. The van der Waals surface area contributed by atoms with E-state index in [2.05, 4.69) is 11.0 Å². The van der Waals surface area contributed by atoms with Crippen LogP contribution in [0.4, 0.5) is 5.69 Å². The Morgan fingerprint density at radius 3 is 2.84 bits per heavy atom. The van der Waals surface area contributed by atoms with Gasteiger partial charge in [0.2, 0.25) is 0 Å². The minimum Gasteiger partial charge on any atom is -0.391 e. The molecule has 98 valence electrons. The zero-order valence-electron chi connectivity index (χ0n) is 10.5. The van der Waals surface area contributed by atoms with Crippen LogP contribution in [-0.4, -0.2) is 23.8 Å². The van der Waals surface area contributed by atoms with E-state index >= 15 is 0 Å². The van der Waals surface area contributed by atoms with Gasteiger partial charge in [-0.05, 0) is 48.8 Å². The number of nitriles is 1. The van der Waals surface area contributed by atoms with Crippen molar-refractivity contribution in [3.63, 3.8) is 0 Å². The first-order chi connectivity index (χ1) is 9.19. The minimum atomic E-state index is -0.196. The highest BCUT2D eigenvalue weighted by Gasteiger charge is 2.58. The lowest BCUT2D eigenvalue weighted by Gasteiger charge is -2.30. The highest BCUT2D eigenvalue weighted by molar-refractivity contribution is 6.32. The Morgan fingerprint density at radius 1 is 1.32 bits per heavy atom. The summed E-state index contributed by atoms with van der Waals surface area (Å²) >= 11 is 6.12. The molecule has 1 aromatic carbocycles. The molecule has 2 saturated carbocycles. The lowest BCUT2D eigenvalue weighted by atomic mass is 9.88. The number of nitrogens with zero attached hydrogens (tertiary/aromatic N) is 2. The van der Waals surface area contributed by atoms with Gasteiger partial charge in [0.25, 0.3) is 0 Å². The first-order valence-corrected chi connectivity index (χ1v) is 7.21. The fourth-order valence-electron chi connectivity index (χ4n) is 4.48. The number of benzene rings is 1. The molecule has 3 aliphatic rings. The second-order valence-electron chi connectivity index (χ2n) is 6.06. The molecule has 0 spiro atoms. The van der Waals surface area contributed by atoms with Gasteiger partial charge in [-0.3, -0.25) is 0 Å². The lowest BCUT2D eigenvalue weighted by molar-refractivity contribution is 0.0967. The number of aliphatic hydroxyl groups excluding tert-OH is 1. The SMILES string of the molecule is N#Cc1ccc(N2C[C@@H]3C[C@H]4C[C@H]3[C@@H]2[C@H]4O)cc1Cl. The number of hydrogen-bond donors (Lipinski definition) is 1. The van der Waals surface area contributed by atoms with Crippen molar-refractivity contribution in [3.8, 4) is 6.07 Å². The second-order valence-corrected chi connectivity index (χ2v) is 6.47. The first-order valence-electron chi connectivity index (χ1n) is 6.83. The minimum absolute atomic E-state index is 0.196. The van der Waals surface area contributed by atoms with Crippen molar-refractivity contribution >= 4 is 17.3 Å². The molecule has 2 bridgehead atoms. The smallest absolute Gasteiger partial charge is 0.101 e. The Labute approximate surface area is 117 Å². The summed E-state index contributed by atoms with van der Waals surface area (Å²) < 4.78 is 0. The summed E-state index contributed by atoms with van der Waals surface area (Å²) in [6, 6.07) is 7.94. The molecule has 19 heavy (non-hydrogen) atoms. The highest BCUT2D eigenvalue weighted by atomic mass is 35.5. The summed E-state index contributed by atoms with van der Waals surface area (Å²) in [5.74, 6) is 1.88. The average Bonchev–Trinajstić information content (AvgIpc) is 2.99. The van der Waals surface area contributed by atoms with E-state index in [-0.39, 0.29) is 12.1 Å². The standard InChI is InChI=1S/C15H15ClN2O/c16-13-5-11(2-1-8(13)6-17)18-7-10-3-9-4-12(10)14(18)15(9)19/h1-2,5,9-10,12,14-15,19H,3-4,7H2/t9-,10-,12+,14+,15-/m0/s1. The molecule has 1 aromatic rings. The molecule has 4 rings (SSSR count). The van der Waals surface area contributed by atoms with Crippen LogP contribution < -0.4 is 4.90 Å². The second kappa shape index (κ2) is 3.88.